The van der Waals surface area contributed by atoms with Crippen LogP contribution in [0.25, 0.3) is 0 Å². The number of quaternary nitrogens is 1. The van der Waals surface area contributed by atoms with E-state index in [9.17, 15) is 19.4 Å². The number of phosphoric acid groups is 1. The van der Waals surface area contributed by atoms with Crippen LogP contribution in [0.2, 0.25) is 0 Å². The highest BCUT2D eigenvalue weighted by Gasteiger charge is 2.23. The number of allylic oxidation sites excluding steroid dienone is 5. The van der Waals surface area contributed by atoms with Crippen molar-refractivity contribution in [1.29, 1.82) is 0 Å². The SMILES string of the molecule is CCCC/C=C/CC/C=C/CC/C=C/C(O)C(COP(=O)([O-])OCC[N+](C)(C)C)NC(=O)CCCCCCCCCCCCCCCCCCCCCCCCCCCCCCCCCC. The smallest absolute Gasteiger partial charge is 0.268 e. The van der Waals surface area contributed by atoms with Crippen LogP contribution in [0, 0.1) is 0 Å². The van der Waals surface area contributed by atoms with Gasteiger partial charge in [-0.1, -0.05) is 262 Å². The first-order chi connectivity index (χ1) is 32.0. The first-order valence-electron chi connectivity index (χ1n) is 28.4. The number of aliphatic hydroxyl groups is 1. The Balaban J connectivity index is 3.99. The van der Waals surface area contributed by atoms with Crippen LogP contribution in [0.5, 0.6) is 0 Å². The van der Waals surface area contributed by atoms with Crippen molar-refractivity contribution < 1.29 is 32.9 Å². The van der Waals surface area contributed by atoms with Gasteiger partial charge in [0.25, 0.3) is 7.82 Å². The number of unbranched alkanes of at least 4 members (excludes halogenated alkanes) is 35. The minimum Gasteiger partial charge on any atom is -0.756 e. The standard InChI is InChI=1S/C57H111N2O6P/c1-6-8-10-12-14-16-18-20-21-22-23-24-25-26-27-28-29-30-31-32-33-34-35-36-37-38-39-41-43-45-47-49-51-57(61)58-55(54-65-66(62,63)64-53-52-59(3,4)5)56(60)50-48-46-44-42-40-19-17-15-13-11-9-7-2/h13,15,40,42,48,50,55-56,60H,6-12,14,16-39,41,43-47,49,51-54H2,1-5H3,(H-,58,61,62,63)/b15-13+,42-40+,50-48+. The van der Waals surface area contributed by atoms with E-state index < -0.39 is 26.6 Å². The third-order valence-electron chi connectivity index (χ3n) is 12.8. The number of hydrogen-bond acceptors (Lipinski definition) is 6. The van der Waals surface area contributed by atoms with E-state index in [1.165, 1.54) is 199 Å². The van der Waals surface area contributed by atoms with Crippen molar-refractivity contribution in [2.24, 2.45) is 0 Å². The Bertz CT molecular complexity index is 1170. The van der Waals surface area contributed by atoms with Crippen LogP contribution in [-0.4, -0.2) is 68.5 Å². The zero-order valence-corrected chi connectivity index (χ0v) is 45.3. The van der Waals surface area contributed by atoms with Gasteiger partial charge in [0.1, 0.15) is 13.2 Å². The second-order valence-electron chi connectivity index (χ2n) is 20.6. The molecule has 0 saturated carbocycles. The Kier molecular flexibility index (Phi) is 47.8. The lowest BCUT2D eigenvalue weighted by atomic mass is 10.0. The topological polar surface area (TPSA) is 108 Å². The molecule has 2 N–H and O–H groups in total. The fraction of sp³-hybridized carbons (Fsp3) is 0.877. The summed E-state index contributed by atoms with van der Waals surface area (Å²) in [5, 5.41) is 13.8. The molecule has 66 heavy (non-hydrogen) atoms. The normalized spacial score (nSPS) is 14.2. The predicted molar refractivity (Wildman–Crippen MR) is 284 cm³/mol. The fourth-order valence-electron chi connectivity index (χ4n) is 8.35. The van der Waals surface area contributed by atoms with Gasteiger partial charge in [0.2, 0.25) is 5.91 Å². The maximum absolute atomic E-state index is 12.9. The minimum absolute atomic E-state index is 0.00780. The second-order valence-corrected chi connectivity index (χ2v) is 22.0. The van der Waals surface area contributed by atoms with Crippen molar-refractivity contribution in [3.05, 3.63) is 36.5 Å². The molecule has 0 rings (SSSR count). The number of amides is 1. The van der Waals surface area contributed by atoms with Crippen LogP contribution in [0.1, 0.15) is 271 Å². The lowest BCUT2D eigenvalue weighted by molar-refractivity contribution is -0.870. The summed E-state index contributed by atoms with van der Waals surface area (Å²) in [6, 6.07) is -0.906. The number of rotatable bonds is 52. The molecule has 390 valence electrons. The van der Waals surface area contributed by atoms with E-state index in [1.54, 1.807) is 6.08 Å². The summed E-state index contributed by atoms with van der Waals surface area (Å²) in [5.41, 5.74) is 0. The summed E-state index contributed by atoms with van der Waals surface area (Å²) >= 11 is 0. The molecule has 0 saturated heterocycles. The summed E-state index contributed by atoms with van der Waals surface area (Å²) in [5.74, 6) is -0.208. The Hall–Kier alpha value is -1.28. The molecule has 0 aromatic rings. The zero-order chi connectivity index (χ0) is 48.5. The van der Waals surface area contributed by atoms with Crippen LogP contribution < -0.4 is 10.2 Å². The van der Waals surface area contributed by atoms with E-state index in [0.717, 1.165) is 51.4 Å². The van der Waals surface area contributed by atoms with Crippen molar-refractivity contribution in [2.75, 3.05) is 40.9 Å². The van der Waals surface area contributed by atoms with Gasteiger partial charge in [0, 0.05) is 6.42 Å². The average Bonchev–Trinajstić information content (AvgIpc) is 3.28. The third-order valence-corrected chi connectivity index (χ3v) is 13.8. The molecule has 0 aliphatic heterocycles. The number of nitrogens with zero attached hydrogens (tertiary/aromatic N) is 1. The summed E-state index contributed by atoms with van der Waals surface area (Å²) in [4.78, 5) is 25.4. The van der Waals surface area contributed by atoms with Crippen molar-refractivity contribution >= 4 is 13.7 Å². The van der Waals surface area contributed by atoms with Crippen molar-refractivity contribution in [3.8, 4) is 0 Å². The molecule has 0 aliphatic carbocycles. The van der Waals surface area contributed by atoms with Gasteiger partial charge in [-0.3, -0.25) is 9.36 Å². The molecule has 3 atom stereocenters. The summed E-state index contributed by atoms with van der Waals surface area (Å²) in [6.07, 6.45) is 62.5. The summed E-state index contributed by atoms with van der Waals surface area (Å²) < 4.78 is 23.2. The molecule has 0 spiro atoms. The number of nitrogens with one attached hydrogen (secondary N) is 1. The van der Waals surface area contributed by atoms with E-state index >= 15 is 0 Å². The molecule has 9 heteroatoms. The molecule has 0 aromatic heterocycles. The van der Waals surface area contributed by atoms with Gasteiger partial charge in [-0.15, -0.1) is 0 Å². The van der Waals surface area contributed by atoms with Crippen LogP contribution >= 0.6 is 7.82 Å². The van der Waals surface area contributed by atoms with Gasteiger partial charge < -0.3 is 28.8 Å². The first-order valence-corrected chi connectivity index (χ1v) is 29.8. The molecule has 0 fully saturated rings. The molecule has 1 amide bonds. The van der Waals surface area contributed by atoms with Gasteiger partial charge >= 0.3 is 0 Å². The predicted octanol–water partition coefficient (Wildman–Crippen LogP) is 16.4. The van der Waals surface area contributed by atoms with Crippen molar-refractivity contribution in [2.45, 2.75) is 283 Å². The maximum Gasteiger partial charge on any atom is 0.268 e. The van der Waals surface area contributed by atoms with Crippen LogP contribution in [0.15, 0.2) is 36.5 Å². The zero-order valence-electron chi connectivity index (χ0n) is 44.4. The molecule has 0 aromatic carbocycles. The molecule has 8 nitrogen and oxygen atoms in total. The number of carbonyl (C=O) groups excluding carboxylic acids is 1. The van der Waals surface area contributed by atoms with E-state index in [-0.39, 0.29) is 12.5 Å². The molecular formula is C57H111N2O6P. The monoisotopic (exact) mass is 951 g/mol. The third kappa shape index (κ3) is 50.6. The highest BCUT2D eigenvalue weighted by molar-refractivity contribution is 7.45. The van der Waals surface area contributed by atoms with Crippen LogP contribution in [-0.2, 0) is 18.4 Å². The highest BCUT2D eigenvalue weighted by atomic mass is 31.2. The molecular weight excluding hydrogens is 840 g/mol. The Morgan fingerprint density at radius 2 is 0.848 bits per heavy atom. The van der Waals surface area contributed by atoms with E-state index in [1.807, 2.05) is 27.2 Å². The van der Waals surface area contributed by atoms with Gasteiger partial charge in [0.15, 0.2) is 0 Å². The summed E-state index contributed by atoms with van der Waals surface area (Å²) in [6.45, 7) is 4.59. The van der Waals surface area contributed by atoms with Gasteiger partial charge in [0.05, 0.1) is 39.9 Å². The molecule has 0 radical (unpaired) electrons. The number of hydrogen-bond donors (Lipinski definition) is 2. The van der Waals surface area contributed by atoms with E-state index in [2.05, 4.69) is 43.5 Å². The number of likely N-dealkylation sites (N-methyl/N-ethyl adjacent to an activating group) is 1. The Morgan fingerprint density at radius 3 is 1.21 bits per heavy atom. The Morgan fingerprint density at radius 1 is 0.515 bits per heavy atom. The quantitative estimate of drug-likeness (QED) is 0.0272. The number of carbonyl (C=O) groups is 1. The molecule has 0 bridgehead atoms. The van der Waals surface area contributed by atoms with Crippen molar-refractivity contribution in [3.63, 3.8) is 0 Å². The maximum atomic E-state index is 12.9. The van der Waals surface area contributed by atoms with E-state index in [0.29, 0.717) is 17.4 Å². The number of aliphatic hydroxyl groups excluding tert-OH is 1. The Labute approximate surface area is 410 Å². The molecule has 0 aliphatic rings. The van der Waals surface area contributed by atoms with Gasteiger partial charge in [-0.2, -0.15) is 0 Å². The fourth-order valence-corrected chi connectivity index (χ4v) is 9.07. The lowest BCUT2D eigenvalue weighted by Gasteiger charge is -2.29. The van der Waals surface area contributed by atoms with Crippen LogP contribution in [0.3, 0.4) is 0 Å². The molecule has 3 unspecified atom stereocenters. The highest BCUT2D eigenvalue weighted by Crippen LogP contribution is 2.38. The lowest BCUT2D eigenvalue weighted by Crippen LogP contribution is -2.45. The van der Waals surface area contributed by atoms with Gasteiger partial charge in [-0.25, -0.2) is 0 Å². The second kappa shape index (κ2) is 48.7. The summed E-state index contributed by atoms with van der Waals surface area (Å²) in [7, 11) is 1.24. The largest absolute Gasteiger partial charge is 0.756 e. The average molecular weight is 951 g/mol. The molecule has 0 heterocycles. The minimum atomic E-state index is -4.60. The first kappa shape index (κ1) is 64.7. The number of phosphoric ester groups is 1. The van der Waals surface area contributed by atoms with Gasteiger partial charge in [-0.05, 0) is 38.5 Å². The van der Waals surface area contributed by atoms with Crippen LogP contribution in [0.4, 0.5) is 0 Å². The van der Waals surface area contributed by atoms with Crippen molar-refractivity contribution in [1.82, 2.24) is 5.32 Å². The van der Waals surface area contributed by atoms with E-state index in [4.69, 9.17) is 9.05 Å².